The quantitative estimate of drug-likeness (QED) is 0.298. The molecule has 0 fully saturated rings. The summed E-state index contributed by atoms with van der Waals surface area (Å²) in [5.41, 5.74) is -1.74. The van der Waals surface area contributed by atoms with Crippen LogP contribution >= 0.6 is 11.6 Å². The summed E-state index contributed by atoms with van der Waals surface area (Å²) < 4.78 is 74.4. The van der Waals surface area contributed by atoms with E-state index in [-0.39, 0.29) is 16.5 Å². The molecule has 1 N–H and O–H groups in total. The van der Waals surface area contributed by atoms with E-state index in [0.717, 1.165) is 17.0 Å². The number of halogens is 4. The Labute approximate surface area is 254 Å². The van der Waals surface area contributed by atoms with Crippen LogP contribution in [0.4, 0.5) is 18.9 Å². The van der Waals surface area contributed by atoms with Crippen LogP contribution in [0, 0.1) is 0 Å². The fraction of sp³-hybridized carbons (Fsp3) is 0.333. The fourth-order valence-corrected chi connectivity index (χ4v) is 5.81. The number of rotatable bonds is 10. The van der Waals surface area contributed by atoms with Gasteiger partial charge in [-0.3, -0.25) is 13.9 Å². The van der Waals surface area contributed by atoms with E-state index in [1.54, 1.807) is 51.1 Å². The number of carbonyl (C=O) groups excluding carboxylic acids is 2. The summed E-state index contributed by atoms with van der Waals surface area (Å²) in [6.45, 7) is 5.71. The van der Waals surface area contributed by atoms with Gasteiger partial charge in [-0.25, -0.2) is 8.42 Å². The zero-order valence-corrected chi connectivity index (χ0v) is 25.8. The van der Waals surface area contributed by atoms with Crippen molar-refractivity contribution in [1.29, 1.82) is 0 Å². The van der Waals surface area contributed by atoms with Gasteiger partial charge in [0.25, 0.3) is 10.0 Å². The number of hydrogen-bond acceptors (Lipinski definition) is 5. The summed E-state index contributed by atoms with van der Waals surface area (Å²) in [5, 5.41) is 2.48. The minimum Gasteiger partial charge on any atom is -0.497 e. The van der Waals surface area contributed by atoms with Crippen molar-refractivity contribution in [3.63, 3.8) is 0 Å². The minimum absolute atomic E-state index is 0.114. The molecule has 0 saturated heterocycles. The third-order valence-electron chi connectivity index (χ3n) is 6.33. The molecule has 3 aromatic rings. The van der Waals surface area contributed by atoms with Crippen LogP contribution in [0.5, 0.6) is 5.75 Å². The molecule has 0 radical (unpaired) electrons. The highest BCUT2D eigenvalue weighted by molar-refractivity contribution is 7.92. The molecule has 0 spiro atoms. The standard InChI is InChI=1S/C30H33ClF3N3O5S/c1-20(28(39)35-29(2,3)4)36(18-21-11-14-23(42-5)15-12-21)27(38)19-37(43(40,41)24-9-7-6-8-10-24)26-17-22(30(32,33)34)13-16-25(26)31/h6-17,20H,18-19H2,1-5H3,(H,35,39)/t20-/m0/s1. The second kappa shape index (κ2) is 13.3. The van der Waals surface area contributed by atoms with Gasteiger partial charge in [0.2, 0.25) is 11.8 Å². The lowest BCUT2D eigenvalue weighted by atomic mass is 10.1. The smallest absolute Gasteiger partial charge is 0.416 e. The van der Waals surface area contributed by atoms with Crippen LogP contribution in [-0.2, 0) is 32.3 Å². The van der Waals surface area contributed by atoms with Crippen molar-refractivity contribution >= 4 is 39.1 Å². The molecule has 0 unspecified atom stereocenters. The molecule has 232 valence electrons. The van der Waals surface area contributed by atoms with Gasteiger partial charge in [-0.15, -0.1) is 0 Å². The average molecular weight is 640 g/mol. The summed E-state index contributed by atoms with van der Waals surface area (Å²) in [6.07, 6.45) is -4.81. The van der Waals surface area contributed by atoms with Crippen molar-refractivity contribution in [2.75, 3.05) is 18.0 Å². The van der Waals surface area contributed by atoms with Crippen LogP contribution in [-0.4, -0.2) is 50.4 Å². The monoisotopic (exact) mass is 639 g/mol. The Morgan fingerprint density at radius 1 is 0.977 bits per heavy atom. The molecular weight excluding hydrogens is 607 g/mol. The van der Waals surface area contributed by atoms with Gasteiger partial charge in [-0.2, -0.15) is 13.2 Å². The van der Waals surface area contributed by atoms with E-state index in [1.165, 1.54) is 38.3 Å². The Morgan fingerprint density at radius 3 is 2.12 bits per heavy atom. The lowest BCUT2D eigenvalue weighted by molar-refractivity contribution is -0.140. The molecule has 3 rings (SSSR count). The van der Waals surface area contributed by atoms with Crippen LogP contribution in [0.25, 0.3) is 0 Å². The number of ether oxygens (including phenoxy) is 1. The normalized spacial score (nSPS) is 12.8. The van der Waals surface area contributed by atoms with Crippen molar-refractivity contribution in [1.82, 2.24) is 10.2 Å². The first-order valence-electron chi connectivity index (χ1n) is 13.1. The first-order chi connectivity index (χ1) is 19.9. The Kier molecular flexibility index (Phi) is 10.4. The van der Waals surface area contributed by atoms with Gasteiger partial charge in [0.05, 0.1) is 28.3 Å². The highest BCUT2D eigenvalue weighted by Gasteiger charge is 2.36. The molecule has 8 nitrogen and oxygen atoms in total. The van der Waals surface area contributed by atoms with Gasteiger partial charge < -0.3 is 15.0 Å². The number of carbonyl (C=O) groups is 2. The van der Waals surface area contributed by atoms with Gasteiger partial charge in [0, 0.05) is 12.1 Å². The zero-order chi connectivity index (χ0) is 32.2. The van der Waals surface area contributed by atoms with Gasteiger partial charge >= 0.3 is 6.18 Å². The maximum Gasteiger partial charge on any atom is 0.416 e. The topological polar surface area (TPSA) is 96.0 Å². The Morgan fingerprint density at radius 2 is 1.58 bits per heavy atom. The number of benzene rings is 3. The predicted molar refractivity (Wildman–Crippen MR) is 158 cm³/mol. The number of alkyl halides is 3. The largest absolute Gasteiger partial charge is 0.497 e. The lowest BCUT2D eigenvalue weighted by Crippen LogP contribution is -2.54. The molecule has 0 aliphatic carbocycles. The van der Waals surface area contributed by atoms with E-state index >= 15 is 0 Å². The second-order valence-corrected chi connectivity index (χ2v) is 13.0. The Balaban J connectivity index is 2.12. The van der Waals surface area contributed by atoms with E-state index < -0.39 is 57.4 Å². The minimum atomic E-state index is -4.81. The lowest BCUT2D eigenvalue weighted by Gasteiger charge is -2.33. The SMILES string of the molecule is COc1ccc(CN(C(=O)CN(c2cc(C(F)(F)F)ccc2Cl)S(=O)(=O)c2ccccc2)[C@@H](C)C(=O)NC(C)(C)C)cc1. The number of amides is 2. The zero-order valence-electron chi connectivity index (χ0n) is 24.3. The molecular formula is C30H33ClF3N3O5S. The van der Waals surface area contributed by atoms with Crippen LogP contribution in [0.2, 0.25) is 5.02 Å². The van der Waals surface area contributed by atoms with Crippen molar-refractivity contribution < 1.29 is 35.9 Å². The molecule has 1 atom stereocenters. The fourth-order valence-electron chi connectivity index (χ4n) is 4.10. The van der Waals surface area contributed by atoms with E-state index in [4.69, 9.17) is 16.3 Å². The van der Waals surface area contributed by atoms with E-state index in [9.17, 15) is 31.2 Å². The second-order valence-electron chi connectivity index (χ2n) is 10.8. The van der Waals surface area contributed by atoms with Crippen molar-refractivity contribution in [3.05, 3.63) is 88.9 Å². The van der Waals surface area contributed by atoms with Gasteiger partial charge in [0.1, 0.15) is 18.3 Å². The van der Waals surface area contributed by atoms with Crippen LogP contribution < -0.4 is 14.4 Å². The van der Waals surface area contributed by atoms with Gasteiger partial charge in [-0.1, -0.05) is 41.9 Å². The summed E-state index contributed by atoms with van der Waals surface area (Å²) in [6, 6.07) is 14.8. The number of nitrogens with zero attached hydrogens (tertiary/aromatic N) is 2. The maximum absolute atomic E-state index is 14.0. The summed E-state index contributed by atoms with van der Waals surface area (Å²) in [4.78, 5) is 28.1. The van der Waals surface area contributed by atoms with Crippen LogP contribution in [0.15, 0.2) is 77.7 Å². The molecule has 0 bridgehead atoms. The summed E-state index contributed by atoms with van der Waals surface area (Å²) in [5.74, 6) is -0.802. The highest BCUT2D eigenvalue weighted by atomic mass is 35.5. The number of sulfonamides is 1. The first kappa shape index (κ1) is 33.7. The Hall–Kier alpha value is -3.77. The highest BCUT2D eigenvalue weighted by Crippen LogP contribution is 2.37. The number of nitrogens with one attached hydrogen (secondary N) is 1. The van der Waals surface area contributed by atoms with Crippen LogP contribution in [0.3, 0.4) is 0 Å². The third kappa shape index (κ3) is 8.64. The van der Waals surface area contributed by atoms with E-state index in [1.807, 2.05) is 0 Å². The molecule has 3 aromatic carbocycles. The maximum atomic E-state index is 14.0. The molecule has 13 heteroatoms. The van der Waals surface area contributed by atoms with E-state index in [0.29, 0.717) is 21.7 Å². The van der Waals surface area contributed by atoms with Crippen LogP contribution in [0.1, 0.15) is 38.8 Å². The van der Waals surface area contributed by atoms with E-state index in [2.05, 4.69) is 5.32 Å². The third-order valence-corrected chi connectivity index (χ3v) is 8.42. The van der Waals surface area contributed by atoms with Gasteiger partial charge in [-0.05, 0) is 75.7 Å². The molecule has 2 amide bonds. The van der Waals surface area contributed by atoms with Gasteiger partial charge in [0.15, 0.2) is 0 Å². The van der Waals surface area contributed by atoms with Crippen molar-refractivity contribution in [2.24, 2.45) is 0 Å². The molecule has 0 aromatic heterocycles. The molecule has 0 heterocycles. The molecule has 0 aliphatic heterocycles. The predicted octanol–water partition coefficient (Wildman–Crippen LogP) is 5.89. The molecule has 0 aliphatic rings. The molecule has 43 heavy (non-hydrogen) atoms. The number of anilines is 1. The summed E-state index contributed by atoms with van der Waals surface area (Å²) >= 11 is 6.27. The molecule has 0 saturated carbocycles. The van der Waals surface area contributed by atoms with Crippen molar-refractivity contribution in [3.8, 4) is 5.75 Å². The Bertz CT molecular complexity index is 1540. The first-order valence-corrected chi connectivity index (χ1v) is 14.9. The van der Waals surface area contributed by atoms with Crippen molar-refractivity contribution in [2.45, 2.75) is 56.9 Å². The number of hydrogen-bond donors (Lipinski definition) is 1. The average Bonchev–Trinajstić information content (AvgIpc) is 2.93. The summed E-state index contributed by atoms with van der Waals surface area (Å²) in [7, 11) is -3.12. The number of methoxy groups -OCH3 is 1.